The van der Waals surface area contributed by atoms with Crippen LogP contribution in [0.1, 0.15) is 24.0 Å². The van der Waals surface area contributed by atoms with Crippen LogP contribution in [0.3, 0.4) is 0 Å². The maximum Gasteiger partial charge on any atom is 0.128 e. The van der Waals surface area contributed by atoms with Crippen molar-refractivity contribution >= 4 is 18.5 Å². The third-order valence-electron chi connectivity index (χ3n) is 5.23. The largest absolute Gasteiger partial charge is 0.508 e. The van der Waals surface area contributed by atoms with E-state index in [1.165, 1.54) is 35.2 Å². The maximum atomic E-state index is 9.85. The summed E-state index contributed by atoms with van der Waals surface area (Å²) < 4.78 is 5.53. The molecule has 2 aromatic rings. The van der Waals surface area contributed by atoms with E-state index in [0.717, 1.165) is 44.7 Å². The molecule has 0 saturated carbocycles. The Balaban J connectivity index is 1.59. The summed E-state index contributed by atoms with van der Waals surface area (Å²) in [5.41, 5.74) is 5.39. The van der Waals surface area contributed by atoms with E-state index in [-0.39, 0.29) is 11.5 Å². The van der Waals surface area contributed by atoms with E-state index in [4.69, 9.17) is 4.74 Å². The summed E-state index contributed by atoms with van der Waals surface area (Å²) in [6, 6.07) is 14.7. The van der Waals surface area contributed by atoms with Gasteiger partial charge in [-0.2, -0.15) is 10.2 Å². The smallest absolute Gasteiger partial charge is 0.128 e. The summed E-state index contributed by atoms with van der Waals surface area (Å²) in [6.45, 7) is 3.18. The van der Waals surface area contributed by atoms with Crippen LogP contribution >= 0.6 is 0 Å². The van der Waals surface area contributed by atoms with E-state index in [1.807, 2.05) is 12.3 Å². The zero-order valence-electron chi connectivity index (χ0n) is 16.7. The molecule has 1 fully saturated rings. The molecule has 154 valence electrons. The van der Waals surface area contributed by atoms with Gasteiger partial charge in [-0.15, -0.1) is 0 Å². The van der Waals surface area contributed by atoms with Crippen LogP contribution in [0.2, 0.25) is 0 Å². The van der Waals surface area contributed by atoms with Crippen molar-refractivity contribution in [2.45, 2.75) is 12.8 Å². The Bertz CT molecular complexity index is 1000. The van der Waals surface area contributed by atoms with Crippen molar-refractivity contribution in [2.75, 3.05) is 26.3 Å². The topological polar surface area (TPSA) is 77.7 Å². The van der Waals surface area contributed by atoms with Gasteiger partial charge in [0.15, 0.2) is 0 Å². The molecule has 0 unspecified atom stereocenters. The van der Waals surface area contributed by atoms with Gasteiger partial charge in [0.1, 0.15) is 11.5 Å². The molecule has 2 aliphatic rings. The van der Waals surface area contributed by atoms with Crippen molar-refractivity contribution in [3.8, 4) is 11.5 Å². The minimum absolute atomic E-state index is 0.0112. The summed E-state index contributed by atoms with van der Waals surface area (Å²) in [6.07, 6.45) is 7.42. The second-order valence-corrected chi connectivity index (χ2v) is 7.29. The molecular weight excluding hydrogens is 378 g/mol. The normalized spacial score (nSPS) is 18.9. The first kappa shape index (κ1) is 19.9. The number of aromatic hydroxyl groups is 2. The third kappa shape index (κ3) is 4.78. The first-order valence-electron chi connectivity index (χ1n) is 10.1. The number of hydrogen-bond donors (Lipinski definition) is 2. The van der Waals surface area contributed by atoms with Crippen molar-refractivity contribution in [3.63, 3.8) is 0 Å². The molecule has 2 aromatic carbocycles. The minimum atomic E-state index is -0.0314. The van der Waals surface area contributed by atoms with E-state index < -0.39 is 0 Å². The Hall–Kier alpha value is -3.38. The Kier molecular flexibility index (Phi) is 6.25. The van der Waals surface area contributed by atoms with Gasteiger partial charge < -0.3 is 19.8 Å². The monoisotopic (exact) mass is 403 g/mol. The lowest BCUT2D eigenvalue weighted by Crippen LogP contribution is -2.36. The van der Waals surface area contributed by atoms with Crippen molar-refractivity contribution in [1.29, 1.82) is 0 Å². The second-order valence-electron chi connectivity index (χ2n) is 7.29. The van der Waals surface area contributed by atoms with Crippen LogP contribution in [-0.4, -0.2) is 53.8 Å². The maximum absolute atomic E-state index is 9.85. The molecule has 0 aromatic heterocycles. The van der Waals surface area contributed by atoms with Crippen LogP contribution < -0.4 is 0 Å². The van der Waals surface area contributed by atoms with Gasteiger partial charge in [-0.1, -0.05) is 30.3 Å². The number of morpholine rings is 1. The molecule has 1 aliphatic heterocycles. The van der Waals surface area contributed by atoms with E-state index in [2.05, 4.69) is 45.4 Å². The highest BCUT2D eigenvalue weighted by molar-refractivity contribution is 5.86. The number of hydrogen-bond acceptors (Lipinski definition) is 6. The van der Waals surface area contributed by atoms with Gasteiger partial charge in [0, 0.05) is 30.4 Å². The fourth-order valence-corrected chi connectivity index (χ4v) is 3.76. The van der Waals surface area contributed by atoms with Crippen LogP contribution in [0.5, 0.6) is 11.5 Å². The lowest BCUT2D eigenvalue weighted by atomic mass is 10.1. The standard InChI is InChI=1S/C24H25N3O3/c28-22-9-8-20(23(29)15-22)16-25-26-17-21-7-6-19(14-18-4-2-1-3-5-18)24(21)27-10-12-30-13-11-27/h1-5,8-9,14-17,28-29H,6-7,10-13H2. The van der Waals surface area contributed by atoms with E-state index in [0.29, 0.717) is 5.56 Å². The number of nitrogens with zero attached hydrogens (tertiary/aromatic N) is 3. The Labute approximate surface area is 176 Å². The van der Waals surface area contributed by atoms with Gasteiger partial charge in [-0.25, -0.2) is 0 Å². The molecule has 4 rings (SSSR count). The van der Waals surface area contributed by atoms with E-state index in [1.54, 1.807) is 6.07 Å². The first-order valence-corrected chi connectivity index (χ1v) is 10.1. The average molecular weight is 403 g/mol. The molecule has 0 amide bonds. The zero-order valence-corrected chi connectivity index (χ0v) is 16.7. The van der Waals surface area contributed by atoms with Crippen LogP contribution in [0.15, 0.2) is 75.6 Å². The number of phenols is 2. The molecule has 2 N–H and O–H groups in total. The van der Waals surface area contributed by atoms with Crippen molar-refractivity contribution < 1.29 is 14.9 Å². The Morgan fingerprint density at radius 3 is 2.43 bits per heavy atom. The Morgan fingerprint density at radius 1 is 0.900 bits per heavy atom. The fraction of sp³-hybridized carbons (Fsp3) is 0.250. The quantitative estimate of drug-likeness (QED) is 0.585. The molecule has 0 spiro atoms. The predicted octanol–water partition coefficient (Wildman–Crippen LogP) is 3.97. The number of ether oxygens (including phenoxy) is 1. The van der Waals surface area contributed by atoms with Gasteiger partial charge in [-0.05, 0) is 47.8 Å². The number of rotatable bonds is 5. The van der Waals surface area contributed by atoms with E-state index >= 15 is 0 Å². The van der Waals surface area contributed by atoms with Gasteiger partial charge in [0.05, 0.1) is 25.6 Å². The average Bonchev–Trinajstić information content (AvgIpc) is 3.16. The SMILES string of the molecule is Oc1ccc(C=NN=CC2=C(N3CCOCC3)C(=Cc3ccccc3)CC2)c(O)c1. The lowest BCUT2D eigenvalue weighted by molar-refractivity contribution is 0.0548. The fourth-order valence-electron chi connectivity index (χ4n) is 3.76. The minimum Gasteiger partial charge on any atom is -0.508 e. The lowest BCUT2D eigenvalue weighted by Gasteiger charge is -2.31. The molecule has 6 heteroatoms. The third-order valence-corrected chi connectivity index (χ3v) is 5.23. The number of allylic oxidation sites excluding steroid dienone is 2. The highest BCUT2D eigenvalue weighted by Gasteiger charge is 2.25. The first-order chi connectivity index (χ1) is 14.7. The van der Waals surface area contributed by atoms with Gasteiger partial charge >= 0.3 is 0 Å². The Morgan fingerprint density at radius 2 is 1.67 bits per heavy atom. The molecule has 30 heavy (non-hydrogen) atoms. The predicted molar refractivity (Wildman–Crippen MR) is 119 cm³/mol. The second kappa shape index (κ2) is 9.41. The number of phenolic OH excluding ortho intramolecular Hbond substituents is 2. The van der Waals surface area contributed by atoms with Crippen molar-refractivity contribution in [3.05, 3.63) is 76.5 Å². The van der Waals surface area contributed by atoms with Gasteiger partial charge in [0.25, 0.3) is 0 Å². The zero-order chi connectivity index (χ0) is 20.8. The summed E-state index contributed by atoms with van der Waals surface area (Å²) in [7, 11) is 0. The molecule has 1 saturated heterocycles. The number of benzene rings is 2. The molecule has 0 atom stereocenters. The van der Waals surface area contributed by atoms with Crippen molar-refractivity contribution in [2.24, 2.45) is 10.2 Å². The summed E-state index contributed by atoms with van der Waals surface area (Å²) in [4.78, 5) is 2.38. The summed E-state index contributed by atoms with van der Waals surface area (Å²) in [5.74, 6) is -0.0201. The van der Waals surface area contributed by atoms with Crippen LogP contribution in [0.4, 0.5) is 0 Å². The van der Waals surface area contributed by atoms with Crippen LogP contribution in [0, 0.1) is 0 Å². The van der Waals surface area contributed by atoms with Crippen LogP contribution in [0.25, 0.3) is 6.08 Å². The van der Waals surface area contributed by atoms with Crippen molar-refractivity contribution in [1.82, 2.24) is 4.90 Å². The highest BCUT2D eigenvalue weighted by Crippen LogP contribution is 2.35. The van der Waals surface area contributed by atoms with Gasteiger partial charge in [-0.3, -0.25) is 0 Å². The summed E-state index contributed by atoms with van der Waals surface area (Å²) >= 11 is 0. The highest BCUT2D eigenvalue weighted by atomic mass is 16.5. The van der Waals surface area contributed by atoms with Crippen LogP contribution in [-0.2, 0) is 4.74 Å². The molecule has 6 nitrogen and oxygen atoms in total. The summed E-state index contributed by atoms with van der Waals surface area (Å²) in [5, 5.41) is 27.5. The molecule has 0 bridgehead atoms. The molecular formula is C24H25N3O3. The van der Waals surface area contributed by atoms with E-state index in [9.17, 15) is 10.2 Å². The molecule has 1 aliphatic carbocycles. The molecule has 0 radical (unpaired) electrons. The molecule has 1 heterocycles. The van der Waals surface area contributed by atoms with Gasteiger partial charge in [0.2, 0.25) is 0 Å².